The maximum absolute atomic E-state index is 8.83. The average molecular weight is 174 g/mol. The van der Waals surface area contributed by atoms with E-state index in [-0.39, 0.29) is 6.04 Å². The minimum atomic E-state index is -0.0684. The van der Waals surface area contributed by atoms with Crippen LogP contribution in [0.25, 0.3) is 0 Å². The number of nitrogens with two attached hydrogens (primary N) is 1. The van der Waals surface area contributed by atoms with E-state index in [9.17, 15) is 0 Å². The quantitative estimate of drug-likeness (QED) is 0.746. The molecule has 0 spiro atoms. The van der Waals surface area contributed by atoms with Crippen molar-refractivity contribution in [1.82, 2.24) is 0 Å². The van der Waals surface area contributed by atoms with E-state index in [1.807, 2.05) is 25.1 Å². The molecule has 0 amide bonds. The summed E-state index contributed by atoms with van der Waals surface area (Å²) in [4.78, 5) is 0. The molecule has 0 fully saturated rings. The summed E-state index contributed by atoms with van der Waals surface area (Å²) >= 11 is 0. The number of hydrogen-bond donors (Lipinski definition) is 1. The first-order valence-electron chi connectivity index (χ1n) is 4.47. The number of nitriles is 1. The second kappa shape index (κ2) is 4.06. The standard InChI is InChI=1S/C11H14N2/c1-3-9-4-5-10(7-12)11(6-9)8(2)13/h4-6,8H,3,13H2,1-2H3. The van der Waals surface area contributed by atoms with Crippen LogP contribution in [-0.2, 0) is 6.42 Å². The lowest BCUT2D eigenvalue weighted by Crippen LogP contribution is -2.07. The van der Waals surface area contributed by atoms with Crippen molar-refractivity contribution in [3.63, 3.8) is 0 Å². The van der Waals surface area contributed by atoms with Crippen LogP contribution in [0.1, 0.15) is 36.6 Å². The largest absolute Gasteiger partial charge is 0.324 e. The van der Waals surface area contributed by atoms with Crippen molar-refractivity contribution in [3.05, 3.63) is 34.9 Å². The zero-order chi connectivity index (χ0) is 9.84. The molecular formula is C11H14N2. The van der Waals surface area contributed by atoms with Crippen LogP contribution in [0, 0.1) is 11.3 Å². The molecule has 0 aliphatic rings. The molecule has 0 saturated carbocycles. The Bertz CT molecular complexity index is 334. The number of hydrogen-bond acceptors (Lipinski definition) is 2. The van der Waals surface area contributed by atoms with E-state index in [1.54, 1.807) is 0 Å². The number of nitrogens with zero attached hydrogens (tertiary/aromatic N) is 1. The summed E-state index contributed by atoms with van der Waals surface area (Å²) in [6, 6.07) is 7.92. The van der Waals surface area contributed by atoms with Gasteiger partial charge in [0.25, 0.3) is 0 Å². The highest BCUT2D eigenvalue weighted by atomic mass is 14.6. The fraction of sp³-hybridized carbons (Fsp3) is 0.364. The van der Waals surface area contributed by atoms with Crippen molar-refractivity contribution in [2.45, 2.75) is 26.3 Å². The lowest BCUT2D eigenvalue weighted by Gasteiger charge is -2.09. The highest BCUT2D eigenvalue weighted by Gasteiger charge is 2.06. The van der Waals surface area contributed by atoms with Crippen LogP contribution in [0.2, 0.25) is 0 Å². The van der Waals surface area contributed by atoms with Crippen molar-refractivity contribution in [3.8, 4) is 6.07 Å². The van der Waals surface area contributed by atoms with E-state index in [1.165, 1.54) is 5.56 Å². The van der Waals surface area contributed by atoms with Crippen molar-refractivity contribution in [2.75, 3.05) is 0 Å². The van der Waals surface area contributed by atoms with Crippen LogP contribution < -0.4 is 5.73 Å². The summed E-state index contributed by atoms with van der Waals surface area (Å²) in [6.07, 6.45) is 0.978. The summed E-state index contributed by atoms with van der Waals surface area (Å²) in [5, 5.41) is 8.83. The lowest BCUT2D eigenvalue weighted by atomic mass is 9.99. The van der Waals surface area contributed by atoms with Gasteiger partial charge in [-0.15, -0.1) is 0 Å². The van der Waals surface area contributed by atoms with Gasteiger partial charge in [-0.25, -0.2) is 0 Å². The topological polar surface area (TPSA) is 49.8 Å². The molecule has 2 nitrogen and oxygen atoms in total. The average Bonchev–Trinajstić information content (AvgIpc) is 2.16. The van der Waals surface area contributed by atoms with E-state index in [0.29, 0.717) is 5.56 Å². The predicted molar refractivity (Wildman–Crippen MR) is 53.1 cm³/mol. The van der Waals surface area contributed by atoms with Gasteiger partial charge in [0.2, 0.25) is 0 Å². The Morgan fingerprint density at radius 1 is 1.54 bits per heavy atom. The van der Waals surface area contributed by atoms with Gasteiger partial charge in [0, 0.05) is 6.04 Å². The smallest absolute Gasteiger partial charge is 0.0995 e. The molecule has 1 aromatic carbocycles. The van der Waals surface area contributed by atoms with E-state index >= 15 is 0 Å². The molecule has 1 atom stereocenters. The minimum absolute atomic E-state index is 0.0684. The van der Waals surface area contributed by atoms with Gasteiger partial charge in [-0.1, -0.05) is 19.1 Å². The van der Waals surface area contributed by atoms with E-state index in [0.717, 1.165) is 12.0 Å². The molecule has 0 aliphatic carbocycles. The Morgan fingerprint density at radius 3 is 2.69 bits per heavy atom. The Morgan fingerprint density at radius 2 is 2.23 bits per heavy atom. The molecule has 0 aliphatic heterocycles. The molecule has 0 aromatic heterocycles. The third kappa shape index (κ3) is 2.07. The maximum atomic E-state index is 8.83. The Hall–Kier alpha value is -1.33. The van der Waals surface area contributed by atoms with Gasteiger partial charge in [-0.2, -0.15) is 5.26 Å². The van der Waals surface area contributed by atoms with Gasteiger partial charge in [-0.3, -0.25) is 0 Å². The minimum Gasteiger partial charge on any atom is -0.324 e. The molecule has 1 unspecified atom stereocenters. The first-order valence-corrected chi connectivity index (χ1v) is 4.47. The molecular weight excluding hydrogens is 160 g/mol. The lowest BCUT2D eigenvalue weighted by molar-refractivity contribution is 0.812. The van der Waals surface area contributed by atoms with Gasteiger partial charge in [0.15, 0.2) is 0 Å². The zero-order valence-electron chi connectivity index (χ0n) is 8.04. The predicted octanol–water partition coefficient (Wildman–Crippen LogP) is 2.14. The normalized spacial score (nSPS) is 12.2. The summed E-state index contributed by atoms with van der Waals surface area (Å²) in [5.74, 6) is 0. The van der Waals surface area contributed by atoms with Gasteiger partial charge in [0.1, 0.15) is 0 Å². The Kier molecular flexibility index (Phi) is 3.05. The first kappa shape index (κ1) is 9.76. The molecule has 2 heteroatoms. The fourth-order valence-corrected chi connectivity index (χ4v) is 1.31. The van der Waals surface area contributed by atoms with E-state index in [2.05, 4.69) is 13.0 Å². The van der Waals surface area contributed by atoms with E-state index in [4.69, 9.17) is 11.0 Å². The van der Waals surface area contributed by atoms with Crippen LogP contribution in [-0.4, -0.2) is 0 Å². The summed E-state index contributed by atoms with van der Waals surface area (Å²) in [5.41, 5.74) is 8.62. The molecule has 1 rings (SSSR count). The van der Waals surface area contributed by atoms with Crippen LogP contribution >= 0.6 is 0 Å². The van der Waals surface area contributed by atoms with Crippen molar-refractivity contribution >= 4 is 0 Å². The molecule has 0 radical (unpaired) electrons. The third-order valence-corrected chi connectivity index (χ3v) is 2.14. The van der Waals surface area contributed by atoms with E-state index < -0.39 is 0 Å². The molecule has 0 saturated heterocycles. The maximum Gasteiger partial charge on any atom is 0.0995 e. The number of rotatable bonds is 2. The first-order chi connectivity index (χ1) is 6.19. The Labute approximate surface area is 79.0 Å². The third-order valence-electron chi connectivity index (χ3n) is 2.14. The number of aryl methyl sites for hydroxylation is 1. The van der Waals surface area contributed by atoms with Crippen molar-refractivity contribution in [1.29, 1.82) is 5.26 Å². The van der Waals surface area contributed by atoms with Gasteiger partial charge in [-0.05, 0) is 30.5 Å². The monoisotopic (exact) mass is 174 g/mol. The molecule has 68 valence electrons. The van der Waals surface area contributed by atoms with Crippen LogP contribution in [0.4, 0.5) is 0 Å². The summed E-state index contributed by atoms with van der Waals surface area (Å²) in [7, 11) is 0. The van der Waals surface area contributed by atoms with Gasteiger partial charge < -0.3 is 5.73 Å². The second-order valence-electron chi connectivity index (χ2n) is 3.18. The highest BCUT2D eigenvalue weighted by molar-refractivity contribution is 5.41. The summed E-state index contributed by atoms with van der Waals surface area (Å²) in [6.45, 7) is 3.99. The van der Waals surface area contributed by atoms with Gasteiger partial charge in [0.05, 0.1) is 11.6 Å². The SMILES string of the molecule is CCc1ccc(C#N)c(C(C)N)c1. The van der Waals surface area contributed by atoms with Crippen molar-refractivity contribution < 1.29 is 0 Å². The van der Waals surface area contributed by atoms with Crippen LogP contribution in [0.3, 0.4) is 0 Å². The molecule has 0 heterocycles. The summed E-state index contributed by atoms with van der Waals surface area (Å²) < 4.78 is 0. The molecule has 1 aromatic rings. The van der Waals surface area contributed by atoms with Crippen LogP contribution in [0.5, 0.6) is 0 Å². The second-order valence-corrected chi connectivity index (χ2v) is 3.18. The molecule has 13 heavy (non-hydrogen) atoms. The zero-order valence-corrected chi connectivity index (χ0v) is 8.04. The van der Waals surface area contributed by atoms with Gasteiger partial charge >= 0.3 is 0 Å². The molecule has 0 bridgehead atoms. The highest BCUT2D eigenvalue weighted by Crippen LogP contribution is 2.17. The van der Waals surface area contributed by atoms with Crippen molar-refractivity contribution in [2.24, 2.45) is 5.73 Å². The van der Waals surface area contributed by atoms with Crippen LogP contribution in [0.15, 0.2) is 18.2 Å². The Balaban J connectivity index is 3.20. The fourth-order valence-electron chi connectivity index (χ4n) is 1.31. The molecule has 2 N–H and O–H groups in total. The number of benzene rings is 1.